The smallest absolute Gasteiger partial charge is 0.126 e. The Labute approximate surface area is 121 Å². The van der Waals surface area contributed by atoms with Crippen LogP contribution < -0.4 is 0 Å². The van der Waals surface area contributed by atoms with Gasteiger partial charge in [0.15, 0.2) is 0 Å². The third-order valence-corrected chi connectivity index (χ3v) is 3.31. The van der Waals surface area contributed by atoms with Gasteiger partial charge in [-0.1, -0.05) is 48.0 Å². The second-order valence-electron chi connectivity index (χ2n) is 4.34. The van der Waals surface area contributed by atoms with Crippen LogP contribution in [0.5, 0.6) is 0 Å². The highest BCUT2D eigenvalue weighted by molar-refractivity contribution is 6.33. The Morgan fingerprint density at radius 3 is 1.80 bits per heavy atom. The van der Waals surface area contributed by atoms with Crippen LogP contribution in [0.3, 0.4) is 0 Å². The molecule has 0 atom stereocenters. The maximum absolute atomic E-state index is 6.11. The molecular weight excluding hydrogens is 272 g/mol. The molecule has 0 amide bonds. The van der Waals surface area contributed by atoms with E-state index in [-0.39, 0.29) is 0 Å². The molecule has 3 rings (SSSR count). The molecule has 2 aromatic carbocycles. The van der Waals surface area contributed by atoms with E-state index in [0.29, 0.717) is 16.7 Å². The number of nitrogens with zero attached hydrogens (tertiary/aromatic N) is 4. The zero-order valence-electron chi connectivity index (χ0n) is 10.8. The third-order valence-electron chi connectivity index (χ3n) is 2.98. The van der Waals surface area contributed by atoms with Crippen molar-refractivity contribution >= 4 is 11.6 Å². The molecule has 0 bridgehead atoms. The number of aryl methyl sites for hydroxylation is 1. The van der Waals surface area contributed by atoms with Gasteiger partial charge in [0.2, 0.25) is 11.6 Å². The highest BCUT2D eigenvalue weighted by Crippen LogP contribution is 2.24. The van der Waals surface area contributed by atoms with E-state index < -0.39 is 0 Å². The molecule has 0 saturated heterocycles. The van der Waals surface area contributed by atoms with Crippen LogP contribution >= 0.6 is 11.6 Å². The normalized spacial score (nSPS) is 10.5. The van der Waals surface area contributed by atoms with E-state index in [4.69, 9.17) is 11.6 Å². The summed E-state index contributed by atoms with van der Waals surface area (Å²) in [6.07, 6.45) is 0. The van der Waals surface area contributed by atoms with Gasteiger partial charge in [0.25, 0.3) is 0 Å². The van der Waals surface area contributed by atoms with Crippen molar-refractivity contribution in [2.45, 2.75) is 6.92 Å². The van der Waals surface area contributed by atoms with Crippen LogP contribution in [0.4, 0.5) is 0 Å². The monoisotopic (exact) mass is 282 g/mol. The summed E-state index contributed by atoms with van der Waals surface area (Å²) >= 11 is 6.11. The summed E-state index contributed by atoms with van der Waals surface area (Å²) in [5, 5.41) is 17.1. The average molecular weight is 283 g/mol. The molecule has 1 aromatic heterocycles. The molecule has 0 aliphatic heterocycles. The van der Waals surface area contributed by atoms with Crippen molar-refractivity contribution < 1.29 is 0 Å². The number of hydrogen-bond acceptors (Lipinski definition) is 4. The van der Waals surface area contributed by atoms with Crippen molar-refractivity contribution in [3.05, 3.63) is 59.1 Å². The van der Waals surface area contributed by atoms with E-state index in [0.717, 1.165) is 16.7 Å². The summed E-state index contributed by atoms with van der Waals surface area (Å²) in [7, 11) is 0. The lowest BCUT2D eigenvalue weighted by molar-refractivity contribution is 0.875. The van der Waals surface area contributed by atoms with Gasteiger partial charge >= 0.3 is 0 Å². The highest BCUT2D eigenvalue weighted by atomic mass is 35.5. The van der Waals surface area contributed by atoms with Gasteiger partial charge in [0, 0.05) is 11.1 Å². The van der Waals surface area contributed by atoms with E-state index in [1.165, 1.54) is 0 Å². The summed E-state index contributed by atoms with van der Waals surface area (Å²) in [4.78, 5) is 0. The molecule has 3 aromatic rings. The van der Waals surface area contributed by atoms with Gasteiger partial charge in [-0.15, -0.1) is 20.4 Å². The second-order valence-corrected chi connectivity index (χ2v) is 4.75. The Bertz CT molecular complexity index is 676. The van der Waals surface area contributed by atoms with Crippen LogP contribution in [-0.4, -0.2) is 20.4 Å². The molecule has 0 aliphatic carbocycles. The molecule has 98 valence electrons. The first kappa shape index (κ1) is 12.7. The summed E-state index contributed by atoms with van der Waals surface area (Å²) in [6, 6.07) is 15.2. The number of aromatic nitrogens is 4. The quantitative estimate of drug-likeness (QED) is 0.721. The molecule has 20 heavy (non-hydrogen) atoms. The van der Waals surface area contributed by atoms with Crippen molar-refractivity contribution in [3.63, 3.8) is 0 Å². The Hall–Kier alpha value is -2.33. The van der Waals surface area contributed by atoms with Gasteiger partial charge in [-0.3, -0.25) is 0 Å². The summed E-state index contributed by atoms with van der Waals surface area (Å²) in [6.45, 7) is 2.00. The third kappa shape index (κ3) is 2.38. The van der Waals surface area contributed by atoms with Crippen LogP contribution in [0, 0.1) is 6.92 Å². The predicted octanol–water partition coefficient (Wildman–Crippen LogP) is 3.56. The van der Waals surface area contributed by atoms with Crippen LogP contribution in [0.25, 0.3) is 22.8 Å². The van der Waals surface area contributed by atoms with Crippen LogP contribution in [0.15, 0.2) is 48.5 Å². The minimum absolute atomic E-state index is 0.424. The van der Waals surface area contributed by atoms with Crippen LogP contribution in [-0.2, 0) is 0 Å². The number of rotatable bonds is 2. The lowest BCUT2D eigenvalue weighted by Gasteiger charge is -2.04. The Morgan fingerprint density at radius 1 is 0.700 bits per heavy atom. The van der Waals surface area contributed by atoms with Gasteiger partial charge in [-0.25, -0.2) is 0 Å². The molecule has 0 unspecified atom stereocenters. The molecule has 4 nitrogen and oxygen atoms in total. The molecule has 5 heteroatoms. The maximum atomic E-state index is 6.11. The largest absolute Gasteiger partial charge is 0.205 e. The van der Waals surface area contributed by atoms with Gasteiger partial charge in [-0.2, -0.15) is 0 Å². The van der Waals surface area contributed by atoms with Crippen molar-refractivity contribution in [3.8, 4) is 22.8 Å². The SMILES string of the molecule is Cc1ccccc1-c1nnc(-c2ccccc2Cl)nn1. The van der Waals surface area contributed by atoms with E-state index >= 15 is 0 Å². The second kappa shape index (κ2) is 5.35. The molecule has 0 saturated carbocycles. The van der Waals surface area contributed by atoms with E-state index in [2.05, 4.69) is 20.4 Å². The topological polar surface area (TPSA) is 51.6 Å². The van der Waals surface area contributed by atoms with Crippen molar-refractivity contribution in [2.75, 3.05) is 0 Å². The number of halogens is 1. The first-order valence-electron chi connectivity index (χ1n) is 6.14. The van der Waals surface area contributed by atoms with Gasteiger partial charge < -0.3 is 0 Å². The number of benzene rings is 2. The maximum Gasteiger partial charge on any atom is 0.205 e. The van der Waals surface area contributed by atoms with Gasteiger partial charge in [0.05, 0.1) is 5.02 Å². The van der Waals surface area contributed by atoms with Crippen molar-refractivity contribution in [1.29, 1.82) is 0 Å². The van der Waals surface area contributed by atoms with Crippen LogP contribution in [0.2, 0.25) is 5.02 Å². The van der Waals surface area contributed by atoms with Crippen molar-refractivity contribution in [2.24, 2.45) is 0 Å². The van der Waals surface area contributed by atoms with E-state index in [1.54, 1.807) is 6.07 Å². The first-order chi connectivity index (χ1) is 9.75. The summed E-state index contributed by atoms with van der Waals surface area (Å²) < 4.78 is 0. The Balaban J connectivity index is 2.01. The fraction of sp³-hybridized carbons (Fsp3) is 0.0667. The first-order valence-corrected chi connectivity index (χ1v) is 6.52. The van der Waals surface area contributed by atoms with Gasteiger partial charge in [-0.05, 0) is 24.6 Å². The molecule has 0 N–H and O–H groups in total. The summed E-state index contributed by atoms with van der Waals surface area (Å²) in [5.74, 6) is 0.937. The van der Waals surface area contributed by atoms with E-state index in [9.17, 15) is 0 Å². The molecule has 0 aliphatic rings. The summed E-state index contributed by atoms with van der Waals surface area (Å²) in [5.41, 5.74) is 2.74. The average Bonchev–Trinajstić information content (AvgIpc) is 2.49. The minimum Gasteiger partial charge on any atom is -0.126 e. The van der Waals surface area contributed by atoms with Gasteiger partial charge in [0.1, 0.15) is 0 Å². The molecule has 0 radical (unpaired) electrons. The fourth-order valence-corrected chi connectivity index (χ4v) is 2.13. The minimum atomic E-state index is 0.424. The predicted molar refractivity (Wildman–Crippen MR) is 78.2 cm³/mol. The zero-order valence-corrected chi connectivity index (χ0v) is 11.5. The van der Waals surface area contributed by atoms with E-state index in [1.807, 2.05) is 49.4 Å². The molecule has 0 spiro atoms. The lowest BCUT2D eigenvalue weighted by Crippen LogP contribution is -2.00. The van der Waals surface area contributed by atoms with Crippen molar-refractivity contribution in [1.82, 2.24) is 20.4 Å². The van der Waals surface area contributed by atoms with Crippen LogP contribution in [0.1, 0.15) is 5.56 Å². The molecule has 0 fully saturated rings. The fourth-order valence-electron chi connectivity index (χ4n) is 1.91. The standard InChI is InChI=1S/C15H11ClN4/c1-10-6-2-3-7-11(10)14-17-19-15(20-18-14)12-8-4-5-9-13(12)16/h2-9H,1H3. The molecular formula is C15H11ClN4. The number of hydrogen-bond donors (Lipinski definition) is 0. The highest BCUT2D eigenvalue weighted by Gasteiger charge is 2.10. The zero-order chi connectivity index (χ0) is 13.9. The lowest BCUT2D eigenvalue weighted by atomic mass is 10.1. The Morgan fingerprint density at radius 2 is 1.20 bits per heavy atom. The Kier molecular flexibility index (Phi) is 3.39. The molecule has 1 heterocycles.